The Balaban J connectivity index is 1.66. The molecule has 0 aliphatic carbocycles. The Hall–Kier alpha value is -3.20. The first-order chi connectivity index (χ1) is 15.4. The number of amides is 2. The van der Waals surface area contributed by atoms with E-state index >= 15 is 0 Å². The molecule has 2 heterocycles. The molecule has 9 heteroatoms. The Morgan fingerprint density at radius 1 is 1.16 bits per heavy atom. The Kier molecular flexibility index (Phi) is 7.99. The van der Waals surface area contributed by atoms with Gasteiger partial charge in [0, 0.05) is 12.0 Å². The number of hydrogen-bond donors (Lipinski definition) is 2. The third-order valence-corrected chi connectivity index (χ3v) is 5.28. The van der Waals surface area contributed by atoms with E-state index in [0.29, 0.717) is 25.9 Å². The molecule has 1 saturated heterocycles. The van der Waals surface area contributed by atoms with E-state index in [1.807, 2.05) is 49.1 Å². The van der Waals surface area contributed by atoms with Gasteiger partial charge in [0.2, 0.25) is 11.8 Å². The van der Waals surface area contributed by atoms with Crippen LogP contribution in [-0.2, 0) is 14.3 Å². The summed E-state index contributed by atoms with van der Waals surface area (Å²) in [5, 5.41) is 10.1. The lowest BCUT2D eigenvalue weighted by molar-refractivity contribution is -0.127. The van der Waals surface area contributed by atoms with Crippen LogP contribution in [0.4, 0.5) is 5.82 Å². The number of nitrogens with zero attached hydrogens (tertiary/aromatic N) is 3. The molecule has 2 N–H and O–H groups in total. The Morgan fingerprint density at radius 3 is 2.47 bits per heavy atom. The number of esters is 1. The molecule has 1 aromatic heterocycles. The maximum atomic E-state index is 12.8. The van der Waals surface area contributed by atoms with Crippen molar-refractivity contribution < 1.29 is 19.1 Å². The van der Waals surface area contributed by atoms with Crippen molar-refractivity contribution in [1.82, 2.24) is 20.0 Å². The highest BCUT2D eigenvalue weighted by Gasteiger charge is 2.27. The van der Waals surface area contributed by atoms with E-state index in [1.165, 1.54) is 10.9 Å². The van der Waals surface area contributed by atoms with Crippen LogP contribution in [0.3, 0.4) is 0 Å². The van der Waals surface area contributed by atoms with Gasteiger partial charge in [-0.3, -0.25) is 14.5 Å². The summed E-state index contributed by atoms with van der Waals surface area (Å²) in [4.78, 5) is 39.4. The Labute approximate surface area is 188 Å². The number of piperidine rings is 1. The van der Waals surface area contributed by atoms with Crippen molar-refractivity contribution in [2.24, 2.45) is 5.92 Å². The SMILES string of the molecule is CCOC(=O)c1cnn(-c2ccccc2)c1NC(=O)CN1CCC(C(=O)NC(C)C)CC1. The van der Waals surface area contributed by atoms with Crippen molar-refractivity contribution >= 4 is 23.6 Å². The summed E-state index contributed by atoms with van der Waals surface area (Å²) in [5.41, 5.74) is 0.920. The van der Waals surface area contributed by atoms with Crippen LogP contribution in [0.1, 0.15) is 44.0 Å². The fraction of sp³-hybridized carbons (Fsp3) is 0.478. The minimum Gasteiger partial charge on any atom is -0.462 e. The van der Waals surface area contributed by atoms with Crippen molar-refractivity contribution in [1.29, 1.82) is 0 Å². The number of anilines is 1. The molecule has 1 aromatic carbocycles. The summed E-state index contributed by atoms with van der Waals surface area (Å²) in [6.07, 6.45) is 2.82. The average Bonchev–Trinajstić information content (AvgIpc) is 3.18. The molecular weight excluding hydrogens is 410 g/mol. The molecule has 2 aromatic rings. The molecule has 2 amide bonds. The van der Waals surface area contributed by atoms with Crippen molar-refractivity contribution in [2.45, 2.75) is 39.7 Å². The summed E-state index contributed by atoms with van der Waals surface area (Å²) < 4.78 is 6.64. The van der Waals surface area contributed by atoms with Crippen molar-refractivity contribution in [2.75, 3.05) is 31.6 Å². The van der Waals surface area contributed by atoms with E-state index in [9.17, 15) is 14.4 Å². The van der Waals surface area contributed by atoms with Gasteiger partial charge in [0.05, 0.1) is 25.0 Å². The van der Waals surface area contributed by atoms with Gasteiger partial charge in [-0.25, -0.2) is 9.48 Å². The summed E-state index contributed by atoms with van der Waals surface area (Å²) in [7, 11) is 0. The lowest BCUT2D eigenvalue weighted by Gasteiger charge is -2.31. The van der Waals surface area contributed by atoms with Gasteiger partial charge in [0.25, 0.3) is 0 Å². The van der Waals surface area contributed by atoms with Crippen LogP contribution >= 0.6 is 0 Å². The van der Waals surface area contributed by atoms with Gasteiger partial charge in [-0.05, 0) is 58.8 Å². The second-order valence-corrected chi connectivity index (χ2v) is 8.14. The summed E-state index contributed by atoms with van der Waals surface area (Å²) in [6, 6.07) is 9.38. The van der Waals surface area contributed by atoms with Crippen molar-refractivity contribution in [3.63, 3.8) is 0 Å². The van der Waals surface area contributed by atoms with Crippen LogP contribution in [0.15, 0.2) is 36.5 Å². The number of rotatable bonds is 8. The van der Waals surface area contributed by atoms with E-state index in [1.54, 1.807) is 6.92 Å². The van der Waals surface area contributed by atoms with Crippen LogP contribution in [0.2, 0.25) is 0 Å². The zero-order chi connectivity index (χ0) is 23.1. The molecule has 32 heavy (non-hydrogen) atoms. The average molecular weight is 442 g/mol. The molecule has 1 aliphatic rings. The second-order valence-electron chi connectivity index (χ2n) is 8.14. The van der Waals surface area contributed by atoms with Gasteiger partial charge < -0.3 is 15.4 Å². The molecule has 0 saturated carbocycles. The molecule has 1 aliphatic heterocycles. The number of benzene rings is 1. The first kappa shape index (κ1) is 23.5. The van der Waals surface area contributed by atoms with Gasteiger partial charge in [-0.1, -0.05) is 18.2 Å². The lowest BCUT2D eigenvalue weighted by Crippen LogP contribution is -2.44. The Morgan fingerprint density at radius 2 is 1.84 bits per heavy atom. The molecule has 0 unspecified atom stereocenters. The van der Waals surface area contributed by atoms with Gasteiger partial charge in [-0.15, -0.1) is 0 Å². The molecular formula is C23H31N5O4. The number of nitrogens with one attached hydrogen (secondary N) is 2. The van der Waals surface area contributed by atoms with Gasteiger partial charge in [0.1, 0.15) is 5.56 Å². The summed E-state index contributed by atoms with van der Waals surface area (Å²) in [5.74, 6) is -0.451. The van der Waals surface area contributed by atoms with Crippen LogP contribution < -0.4 is 10.6 Å². The van der Waals surface area contributed by atoms with E-state index in [-0.39, 0.29) is 48.3 Å². The summed E-state index contributed by atoms with van der Waals surface area (Å²) >= 11 is 0. The van der Waals surface area contributed by atoms with Crippen molar-refractivity contribution in [3.05, 3.63) is 42.1 Å². The van der Waals surface area contributed by atoms with Crippen LogP contribution in [0.25, 0.3) is 5.69 Å². The first-order valence-electron chi connectivity index (χ1n) is 11.0. The van der Waals surface area contributed by atoms with Gasteiger partial charge >= 0.3 is 5.97 Å². The van der Waals surface area contributed by atoms with Gasteiger partial charge in [-0.2, -0.15) is 5.10 Å². The smallest absolute Gasteiger partial charge is 0.343 e. The molecule has 1 fully saturated rings. The maximum Gasteiger partial charge on any atom is 0.343 e. The van der Waals surface area contributed by atoms with Gasteiger partial charge in [0.15, 0.2) is 5.82 Å². The quantitative estimate of drug-likeness (QED) is 0.609. The number of likely N-dealkylation sites (tertiary alicyclic amines) is 1. The zero-order valence-corrected chi connectivity index (χ0v) is 18.8. The molecule has 172 valence electrons. The zero-order valence-electron chi connectivity index (χ0n) is 18.8. The van der Waals surface area contributed by atoms with E-state index in [4.69, 9.17) is 4.74 Å². The van der Waals surface area contributed by atoms with Crippen LogP contribution in [0.5, 0.6) is 0 Å². The number of para-hydroxylation sites is 1. The predicted molar refractivity (Wildman–Crippen MR) is 121 cm³/mol. The molecule has 0 bridgehead atoms. The number of carbonyl (C=O) groups is 3. The maximum absolute atomic E-state index is 12.8. The third kappa shape index (κ3) is 5.94. The number of aromatic nitrogens is 2. The number of ether oxygens (including phenoxy) is 1. The number of hydrogen-bond acceptors (Lipinski definition) is 6. The second kappa shape index (κ2) is 10.9. The van der Waals surface area contributed by atoms with E-state index < -0.39 is 5.97 Å². The summed E-state index contributed by atoms with van der Waals surface area (Å²) in [6.45, 7) is 7.33. The largest absolute Gasteiger partial charge is 0.462 e. The Bertz CT molecular complexity index is 933. The third-order valence-electron chi connectivity index (χ3n) is 5.28. The normalized spacial score (nSPS) is 14.9. The molecule has 0 atom stereocenters. The first-order valence-corrected chi connectivity index (χ1v) is 11.0. The standard InChI is InChI=1S/C23H31N5O4/c1-4-32-23(31)19-14-24-28(18-8-6-5-7-9-18)21(19)26-20(29)15-27-12-10-17(11-13-27)22(30)25-16(2)3/h5-9,14,16-17H,4,10-13,15H2,1-3H3,(H,25,30)(H,26,29). The lowest BCUT2D eigenvalue weighted by atomic mass is 9.95. The van der Waals surface area contributed by atoms with Crippen molar-refractivity contribution in [3.8, 4) is 5.69 Å². The van der Waals surface area contributed by atoms with Crippen LogP contribution in [-0.4, -0.2) is 64.7 Å². The number of carbonyl (C=O) groups excluding carboxylic acids is 3. The molecule has 9 nitrogen and oxygen atoms in total. The fourth-order valence-electron chi connectivity index (χ4n) is 3.72. The molecule has 3 rings (SSSR count). The molecule has 0 radical (unpaired) electrons. The monoisotopic (exact) mass is 441 g/mol. The topological polar surface area (TPSA) is 106 Å². The molecule has 0 spiro atoms. The van der Waals surface area contributed by atoms with E-state index in [2.05, 4.69) is 15.7 Å². The fourth-order valence-corrected chi connectivity index (χ4v) is 3.72. The highest BCUT2D eigenvalue weighted by atomic mass is 16.5. The minimum absolute atomic E-state index is 0.0216. The highest BCUT2D eigenvalue weighted by molar-refractivity contribution is 6.01. The predicted octanol–water partition coefficient (Wildman–Crippen LogP) is 2.22. The minimum atomic E-state index is -0.540. The van der Waals surface area contributed by atoms with Crippen LogP contribution in [0, 0.1) is 5.92 Å². The highest BCUT2D eigenvalue weighted by Crippen LogP contribution is 2.22. The van der Waals surface area contributed by atoms with E-state index in [0.717, 1.165) is 5.69 Å².